The number of para-hydroxylation sites is 1. The fourth-order valence-electron chi connectivity index (χ4n) is 1.79. The van der Waals surface area contributed by atoms with Crippen LogP contribution in [0.3, 0.4) is 0 Å². The molecule has 7 N–H and O–H groups in total. The maximum Gasteiger partial charge on any atom is 0.270 e. The second-order valence-electron chi connectivity index (χ2n) is 4.78. The molecule has 0 saturated heterocycles. The summed E-state index contributed by atoms with van der Waals surface area (Å²) >= 11 is 1.27. The molecule has 0 bridgehead atoms. The summed E-state index contributed by atoms with van der Waals surface area (Å²) in [6.45, 7) is -0.823. The van der Waals surface area contributed by atoms with Crippen LogP contribution in [0.1, 0.15) is 0 Å². The van der Waals surface area contributed by atoms with Crippen molar-refractivity contribution in [3.05, 3.63) is 24.3 Å². The number of aromatic nitrogens is 1. The molecule has 126 valence electrons. The lowest BCUT2D eigenvalue weighted by molar-refractivity contribution is -0.148. The van der Waals surface area contributed by atoms with Gasteiger partial charge in [-0.15, -0.1) is 0 Å². The number of thiazole rings is 1. The van der Waals surface area contributed by atoms with Gasteiger partial charge in [0.15, 0.2) is 6.10 Å². The third kappa shape index (κ3) is 4.13. The van der Waals surface area contributed by atoms with Gasteiger partial charge in [0, 0.05) is 0 Å². The van der Waals surface area contributed by atoms with E-state index in [1.807, 2.05) is 18.2 Å². The van der Waals surface area contributed by atoms with Gasteiger partial charge in [-0.05, 0) is 12.1 Å². The van der Waals surface area contributed by atoms with Crippen molar-refractivity contribution in [1.29, 1.82) is 0 Å². The third-order valence-electron chi connectivity index (χ3n) is 3.11. The number of rotatable bonds is 7. The first-order valence-electron chi connectivity index (χ1n) is 6.68. The second kappa shape index (κ2) is 7.64. The smallest absolute Gasteiger partial charge is 0.270 e. The second-order valence-corrected chi connectivity index (χ2v) is 5.81. The van der Waals surface area contributed by atoms with E-state index in [1.54, 1.807) is 6.07 Å². The number of carbonyl (C=O) groups is 1. The van der Waals surface area contributed by atoms with Crippen LogP contribution >= 0.6 is 11.3 Å². The Bertz CT molecular complexity index is 633. The fraction of sp³-hybridized carbons (Fsp3) is 0.385. The zero-order chi connectivity index (χ0) is 17.0. The molecule has 0 spiro atoms. The average molecular weight is 343 g/mol. The molecule has 0 radical (unpaired) electrons. The van der Waals surface area contributed by atoms with Crippen molar-refractivity contribution in [2.75, 3.05) is 12.0 Å². The van der Waals surface area contributed by atoms with E-state index in [1.165, 1.54) is 11.3 Å². The largest absolute Gasteiger partial charge is 0.394 e. The standard InChI is InChI=1S/C13H17N3O6S/c17-5-7(18)9(19)10(20)11(21)12(22)15-16-13-14-6-3-1-2-4-8(6)23-13/h1-4,7,9-11,17-21H,5H2,(H,14,16)(H,15,22). The van der Waals surface area contributed by atoms with E-state index in [4.69, 9.17) is 5.11 Å². The minimum Gasteiger partial charge on any atom is -0.394 e. The van der Waals surface area contributed by atoms with Crippen molar-refractivity contribution in [3.8, 4) is 0 Å². The Kier molecular flexibility index (Phi) is 5.82. The Labute approximate surface area is 134 Å². The molecule has 0 aliphatic heterocycles. The van der Waals surface area contributed by atoms with Gasteiger partial charge >= 0.3 is 0 Å². The Morgan fingerprint density at radius 3 is 2.52 bits per heavy atom. The molecule has 1 amide bonds. The summed E-state index contributed by atoms with van der Waals surface area (Å²) in [5.74, 6) is -1.03. The molecule has 1 aromatic heterocycles. The van der Waals surface area contributed by atoms with Crippen LogP contribution in [-0.2, 0) is 4.79 Å². The molecule has 2 rings (SSSR count). The van der Waals surface area contributed by atoms with Gasteiger partial charge in [-0.2, -0.15) is 0 Å². The van der Waals surface area contributed by atoms with Crippen LogP contribution in [0.4, 0.5) is 5.13 Å². The molecule has 23 heavy (non-hydrogen) atoms. The zero-order valence-corrected chi connectivity index (χ0v) is 12.6. The fourth-order valence-corrected chi connectivity index (χ4v) is 2.61. The molecule has 1 heterocycles. The number of hydrazine groups is 1. The van der Waals surface area contributed by atoms with Gasteiger partial charge in [0.05, 0.1) is 16.8 Å². The average Bonchev–Trinajstić information content (AvgIpc) is 2.99. The van der Waals surface area contributed by atoms with Crippen LogP contribution in [0.15, 0.2) is 24.3 Å². The maximum atomic E-state index is 11.7. The Morgan fingerprint density at radius 2 is 1.87 bits per heavy atom. The summed E-state index contributed by atoms with van der Waals surface area (Å²) in [6, 6.07) is 7.31. The predicted molar refractivity (Wildman–Crippen MR) is 82.5 cm³/mol. The van der Waals surface area contributed by atoms with Gasteiger partial charge in [-0.3, -0.25) is 15.6 Å². The number of aliphatic hydroxyl groups is 5. The summed E-state index contributed by atoms with van der Waals surface area (Å²) in [7, 11) is 0. The van der Waals surface area contributed by atoms with Crippen LogP contribution in [0.5, 0.6) is 0 Å². The van der Waals surface area contributed by atoms with E-state index in [2.05, 4.69) is 15.8 Å². The van der Waals surface area contributed by atoms with Crippen molar-refractivity contribution in [1.82, 2.24) is 10.4 Å². The van der Waals surface area contributed by atoms with Crippen molar-refractivity contribution in [3.63, 3.8) is 0 Å². The number of benzene rings is 1. The van der Waals surface area contributed by atoms with Crippen molar-refractivity contribution >= 4 is 32.6 Å². The molecule has 4 atom stereocenters. The Morgan fingerprint density at radius 1 is 1.17 bits per heavy atom. The number of hydrogen-bond donors (Lipinski definition) is 7. The molecule has 0 aliphatic rings. The van der Waals surface area contributed by atoms with E-state index in [0.29, 0.717) is 5.13 Å². The molecule has 2 aromatic rings. The molecule has 10 heteroatoms. The van der Waals surface area contributed by atoms with Crippen LogP contribution in [0.25, 0.3) is 10.2 Å². The topological polar surface area (TPSA) is 155 Å². The van der Waals surface area contributed by atoms with E-state index in [0.717, 1.165) is 10.2 Å². The highest BCUT2D eigenvalue weighted by Crippen LogP contribution is 2.24. The van der Waals surface area contributed by atoms with E-state index in [9.17, 15) is 25.2 Å². The predicted octanol–water partition coefficient (Wildman–Crippen LogP) is -1.82. The first-order valence-corrected chi connectivity index (χ1v) is 7.50. The number of amides is 1. The van der Waals surface area contributed by atoms with Gasteiger partial charge in [0.1, 0.15) is 18.3 Å². The summed E-state index contributed by atoms with van der Waals surface area (Å²) < 4.78 is 0.895. The highest BCUT2D eigenvalue weighted by Gasteiger charge is 2.34. The van der Waals surface area contributed by atoms with Crippen molar-refractivity contribution in [2.45, 2.75) is 24.4 Å². The van der Waals surface area contributed by atoms with E-state index < -0.39 is 36.9 Å². The first kappa shape index (κ1) is 17.5. The molecule has 9 nitrogen and oxygen atoms in total. The molecule has 0 fully saturated rings. The van der Waals surface area contributed by atoms with E-state index >= 15 is 0 Å². The Hall–Kier alpha value is -1.82. The quantitative estimate of drug-likeness (QED) is 0.290. The number of nitrogens with zero attached hydrogens (tertiary/aromatic N) is 1. The van der Waals surface area contributed by atoms with Gasteiger partial charge in [-0.1, -0.05) is 23.5 Å². The first-order chi connectivity index (χ1) is 10.9. The summed E-state index contributed by atoms with van der Waals surface area (Å²) in [4.78, 5) is 15.9. The number of carbonyl (C=O) groups excluding carboxylic acids is 1. The molecule has 4 unspecified atom stereocenters. The van der Waals surface area contributed by atoms with Gasteiger partial charge in [0.2, 0.25) is 5.13 Å². The highest BCUT2D eigenvalue weighted by atomic mass is 32.1. The Balaban J connectivity index is 1.93. The van der Waals surface area contributed by atoms with Crippen LogP contribution in [0, 0.1) is 0 Å². The number of anilines is 1. The van der Waals surface area contributed by atoms with Crippen LogP contribution < -0.4 is 10.9 Å². The minimum absolute atomic E-state index is 0.372. The lowest BCUT2D eigenvalue weighted by Gasteiger charge is -2.24. The van der Waals surface area contributed by atoms with Gasteiger partial charge < -0.3 is 25.5 Å². The number of hydrogen-bond acceptors (Lipinski definition) is 9. The molecular formula is C13H17N3O6S. The molecular weight excluding hydrogens is 326 g/mol. The molecule has 1 aromatic carbocycles. The highest BCUT2D eigenvalue weighted by molar-refractivity contribution is 7.22. The van der Waals surface area contributed by atoms with Crippen LogP contribution in [0.2, 0.25) is 0 Å². The minimum atomic E-state index is -2.01. The normalized spacial score (nSPS) is 16.6. The monoisotopic (exact) mass is 343 g/mol. The summed E-state index contributed by atoms with van der Waals surface area (Å²) in [5, 5.41) is 46.9. The van der Waals surface area contributed by atoms with Crippen molar-refractivity contribution < 1.29 is 30.3 Å². The van der Waals surface area contributed by atoms with Gasteiger partial charge in [0.25, 0.3) is 5.91 Å². The van der Waals surface area contributed by atoms with E-state index in [-0.39, 0.29) is 0 Å². The van der Waals surface area contributed by atoms with Gasteiger partial charge in [-0.25, -0.2) is 4.98 Å². The zero-order valence-electron chi connectivity index (χ0n) is 11.8. The molecule has 0 saturated carbocycles. The SMILES string of the molecule is O=C(NNc1nc2ccccc2s1)C(O)C(O)C(O)C(O)CO. The third-order valence-corrected chi connectivity index (χ3v) is 4.06. The summed E-state index contributed by atoms with van der Waals surface area (Å²) in [6.07, 6.45) is -7.52. The number of nitrogens with one attached hydrogen (secondary N) is 2. The summed E-state index contributed by atoms with van der Waals surface area (Å²) in [5.41, 5.74) is 5.37. The maximum absolute atomic E-state index is 11.7. The lowest BCUT2D eigenvalue weighted by Crippen LogP contribution is -2.52. The van der Waals surface area contributed by atoms with Crippen LogP contribution in [-0.4, -0.2) is 67.4 Å². The van der Waals surface area contributed by atoms with Crippen molar-refractivity contribution in [2.24, 2.45) is 0 Å². The lowest BCUT2D eigenvalue weighted by atomic mass is 10.0. The number of fused-ring (bicyclic) bond motifs is 1. The number of aliphatic hydroxyl groups excluding tert-OH is 5. The molecule has 0 aliphatic carbocycles.